The Morgan fingerprint density at radius 1 is 0.964 bits per heavy atom. The van der Waals surface area contributed by atoms with Gasteiger partial charge in [-0.15, -0.1) is 0 Å². The Morgan fingerprint density at radius 2 is 1.57 bits per heavy atom. The molecular weight excluding hydrogens is 358 g/mol. The van der Waals surface area contributed by atoms with E-state index in [0.29, 0.717) is 11.4 Å². The largest absolute Gasteiger partial charge is 0.508 e. The lowest BCUT2D eigenvalue weighted by molar-refractivity contribution is -0.915. The standard InChI is InChI=1S/C21H23N3O4/c1-28-18-8-4-16(5-9-18)24-20(26)14-19(21(24)27)23-12-10-22(11-13-23)15-2-6-17(25)7-3-15/h2-9,19,25H,10-14H2,1H3/p+1/t19-/m0/s1. The van der Waals surface area contributed by atoms with Gasteiger partial charge in [0.05, 0.1) is 45.4 Å². The first-order valence-electron chi connectivity index (χ1n) is 9.46. The molecular formula is C21H24N3O4+. The minimum absolute atomic E-state index is 0.122. The molecule has 146 valence electrons. The lowest BCUT2D eigenvalue weighted by atomic mass is 10.1. The van der Waals surface area contributed by atoms with E-state index in [1.807, 2.05) is 12.1 Å². The molecule has 7 heteroatoms. The average molecular weight is 382 g/mol. The maximum Gasteiger partial charge on any atom is 0.292 e. The number of hydrogen-bond acceptors (Lipinski definition) is 5. The molecule has 28 heavy (non-hydrogen) atoms. The fraction of sp³-hybridized carbons (Fsp3) is 0.333. The van der Waals surface area contributed by atoms with Gasteiger partial charge in [-0.05, 0) is 48.5 Å². The Morgan fingerprint density at radius 3 is 2.18 bits per heavy atom. The van der Waals surface area contributed by atoms with Crippen LogP contribution in [0.25, 0.3) is 0 Å². The van der Waals surface area contributed by atoms with Crippen LogP contribution in [0.15, 0.2) is 48.5 Å². The van der Waals surface area contributed by atoms with Crippen LogP contribution in [0.3, 0.4) is 0 Å². The van der Waals surface area contributed by atoms with Crippen molar-refractivity contribution in [3.63, 3.8) is 0 Å². The number of rotatable bonds is 4. The maximum absolute atomic E-state index is 13.0. The summed E-state index contributed by atoms with van der Waals surface area (Å²) in [4.78, 5) is 30.2. The predicted octanol–water partition coefficient (Wildman–Crippen LogP) is 0.438. The van der Waals surface area contributed by atoms with Gasteiger partial charge >= 0.3 is 0 Å². The number of anilines is 2. The molecule has 2 aromatic rings. The molecule has 2 aliphatic heterocycles. The monoisotopic (exact) mass is 382 g/mol. The van der Waals surface area contributed by atoms with Crippen molar-refractivity contribution in [2.45, 2.75) is 12.5 Å². The molecule has 0 aliphatic carbocycles. The van der Waals surface area contributed by atoms with E-state index < -0.39 is 0 Å². The number of amides is 2. The van der Waals surface area contributed by atoms with Crippen LogP contribution in [0.5, 0.6) is 11.5 Å². The number of nitrogens with one attached hydrogen (secondary N) is 1. The molecule has 2 amide bonds. The molecule has 2 fully saturated rings. The van der Waals surface area contributed by atoms with Crippen LogP contribution in [0.2, 0.25) is 0 Å². The summed E-state index contributed by atoms with van der Waals surface area (Å²) in [5.41, 5.74) is 1.66. The fourth-order valence-electron chi connectivity index (χ4n) is 4.02. The maximum atomic E-state index is 13.0. The van der Waals surface area contributed by atoms with Gasteiger partial charge in [0.2, 0.25) is 5.91 Å². The first kappa shape index (κ1) is 18.3. The van der Waals surface area contributed by atoms with E-state index >= 15 is 0 Å². The Labute approximate surface area is 163 Å². The van der Waals surface area contributed by atoms with E-state index in [0.717, 1.165) is 36.8 Å². The van der Waals surface area contributed by atoms with E-state index in [2.05, 4.69) is 4.90 Å². The Kier molecular flexibility index (Phi) is 4.92. The normalized spacial score (nSPS) is 20.7. The summed E-state index contributed by atoms with van der Waals surface area (Å²) in [6.45, 7) is 3.20. The zero-order valence-corrected chi connectivity index (χ0v) is 15.8. The van der Waals surface area contributed by atoms with Gasteiger partial charge in [-0.2, -0.15) is 0 Å². The highest BCUT2D eigenvalue weighted by Crippen LogP contribution is 2.25. The van der Waals surface area contributed by atoms with Crippen molar-refractivity contribution in [1.82, 2.24) is 0 Å². The number of carbonyl (C=O) groups excluding carboxylic acids is 2. The van der Waals surface area contributed by atoms with Crippen molar-refractivity contribution >= 4 is 23.2 Å². The van der Waals surface area contributed by atoms with Crippen molar-refractivity contribution in [3.8, 4) is 11.5 Å². The van der Waals surface area contributed by atoms with Crippen molar-refractivity contribution in [2.75, 3.05) is 43.1 Å². The van der Waals surface area contributed by atoms with E-state index in [4.69, 9.17) is 4.74 Å². The third kappa shape index (κ3) is 3.41. The first-order chi connectivity index (χ1) is 13.6. The van der Waals surface area contributed by atoms with Gasteiger partial charge in [0.25, 0.3) is 5.91 Å². The molecule has 2 aromatic carbocycles. The molecule has 0 radical (unpaired) electrons. The molecule has 0 aromatic heterocycles. The molecule has 0 saturated carbocycles. The number of piperazine rings is 1. The van der Waals surface area contributed by atoms with Gasteiger partial charge < -0.3 is 19.6 Å². The lowest BCUT2D eigenvalue weighted by Gasteiger charge is -2.35. The quantitative estimate of drug-likeness (QED) is 0.751. The molecule has 0 unspecified atom stereocenters. The summed E-state index contributed by atoms with van der Waals surface area (Å²) < 4.78 is 5.14. The number of ether oxygens (including phenoxy) is 1. The average Bonchev–Trinajstić information content (AvgIpc) is 3.03. The summed E-state index contributed by atoms with van der Waals surface area (Å²) in [6.07, 6.45) is 0.249. The number of phenols is 1. The number of carbonyl (C=O) groups is 2. The summed E-state index contributed by atoms with van der Waals surface area (Å²) >= 11 is 0. The number of nitrogens with zero attached hydrogens (tertiary/aromatic N) is 2. The molecule has 2 saturated heterocycles. The second-order valence-corrected chi connectivity index (χ2v) is 7.18. The van der Waals surface area contributed by atoms with E-state index in [1.54, 1.807) is 43.5 Å². The number of phenolic OH excluding ortho intramolecular Hbond substituents is 1. The van der Waals surface area contributed by atoms with Crippen LogP contribution in [-0.4, -0.2) is 56.3 Å². The Bertz CT molecular complexity index is 858. The van der Waals surface area contributed by atoms with Crippen LogP contribution < -0.4 is 19.4 Å². The number of benzene rings is 2. The van der Waals surface area contributed by atoms with Gasteiger partial charge in [0.15, 0.2) is 6.04 Å². The minimum atomic E-state index is -0.323. The molecule has 0 bridgehead atoms. The molecule has 7 nitrogen and oxygen atoms in total. The second kappa shape index (κ2) is 7.52. The first-order valence-corrected chi connectivity index (χ1v) is 9.46. The van der Waals surface area contributed by atoms with E-state index in [9.17, 15) is 14.7 Å². The third-order valence-corrected chi connectivity index (χ3v) is 5.59. The smallest absolute Gasteiger partial charge is 0.292 e. The SMILES string of the molecule is COc1ccc(N2C(=O)C[C@H]([NH+]3CCN(c4ccc(O)cc4)CC3)C2=O)cc1. The van der Waals surface area contributed by atoms with Gasteiger partial charge in [-0.1, -0.05) is 0 Å². The summed E-state index contributed by atoms with van der Waals surface area (Å²) in [5.74, 6) is 0.675. The van der Waals surface area contributed by atoms with Gasteiger partial charge in [-0.25, -0.2) is 4.90 Å². The predicted molar refractivity (Wildman–Crippen MR) is 105 cm³/mol. The van der Waals surface area contributed by atoms with E-state index in [1.165, 1.54) is 4.90 Å². The van der Waals surface area contributed by atoms with Gasteiger partial charge in [0, 0.05) is 5.69 Å². The summed E-state index contributed by atoms with van der Waals surface area (Å²) in [7, 11) is 1.58. The lowest BCUT2D eigenvalue weighted by Crippen LogP contribution is -3.19. The topological polar surface area (TPSA) is 74.5 Å². The van der Waals surface area contributed by atoms with Crippen LogP contribution >= 0.6 is 0 Å². The highest BCUT2D eigenvalue weighted by molar-refractivity contribution is 6.21. The zero-order valence-electron chi connectivity index (χ0n) is 15.8. The van der Waals surface area contributed by atoms with Crippen molar-refractivity contribution in [1.29, 1.82) is 0 Å². The van der Waals surface area contributed by atoms with Crippen LogP contribution in [0.4, 0.5) is 11.4 Å². The molecule has 4 rings (SSSR count). The Hall–Kier alpha value is -3.06. The fourth-order valence-corrected chi connectivity index (χ4v) is 4.02. The number of imide groups is 1. The highest BCUT2D eigenvalue weighted by Gasteiger charge is 2.46. The number of quaternary nitrogens is 1. The highest BCUT2D eigenvalue weighted by atomic mass is 16.5. The number of methoxy groups -OCH3 is 1. The van der Waals surface area contributed by atoms with Gasteiger partial charge in [-0.3, -0.25) is 9.59 Å². The summed E-state index contributed by atoms with van der Waals surface area (Å²) in [5, 5.41) is 9.44. The molecule has 0 spiro atoms. The van der Waals surface area contributed by atoms with Crippen molar-refractivity contribution < 1.29 is 24.3 Å². The second-order valence-electron chi connectivity index (χ2n) is 7.18. The molecule has 2 heterocycles. The van der Waals surface area contributed by atoms with E-state index in [-0.39, 0.29) is 30.0 Å². The van der Waals surface area contributed by atoms with Crippen LogP contribution in [-0.2, 0) is 9.59 Å². The zero-order chi connectivity index (χ0) is 19.7. The van der Waals surface area contributed by atoms with Gasteiger partial charge in [0.1, 0.15) is 11.5 Å². The third-order valence-electron chi connectivity index (χ3n) is 5.59. The molecule has 2 aliphatic rings. The minimum Gasteiger partial charge on any atom is -0.508 e. The molecule has 2 N–H and O–H groups in total. The van der Waals surface area contributed by atoms with Crippen LogP contribution in [0.1, 0.15) is 6.42 Å². The van der Waals surface area contributed by atoms with Crippen LogP contribution in [0, 0.1) is 0 Å². The Balaban J connectivity index is 1.42. The number of aromatic hydroxyl groups is 1. The van der Waals surface area contributed by atoms with Crippen molar-refractivity contribution in [3.05, 3.63) is 48.5 Å². The van der Waals surface area contributed by atoms with Crippen molar-refractivity contribution in [2.24, 2.45) is 0 Å². The summed E-state index contributed by atoms with van der Waals surface area (Å²) in [6, 6.07) is 13.8. The number of hydrogen-bond donors (Lipinski definition) is 2. The molecule has 1 atom stereocenters.